The molecule has 2 aromatic carbocycles. The van der Waals surface area contributed by atoms with Gasteiger partial charge in [0.05, 0.1) is 11.1 Å². The van der Waals surface area contributed by atoms with Gasteiger partial charge in [-0.2, -0.15) is 0 Å². The number of fused-ring (bicyclic) bond motifs is 1. The van der Waals surface area contributed by atoms with Crippen molar-refractivity contribution in [1.82, 2.24) is 4.98 Å². The van der Waals surface area contributed by atoms with Crippen LogP contribution >= 0.6 is 27.5 Å². The summed E-state index contributed by atoms with van der Waals surface area (Å²) in [5.74, 6) is 0. The summed E-state index contributed by atoms with van der Waals surface area (Å²) in [5.41, 5.74) is 8.47. The molecule has 0 amide bonds. The van der Waals surface area contributed by atoms with Gasteiger partial charge in [-0.05, 0) is 50.6 Å². The molecule has 1 unspecified atom stereocenters. The van der Waals surface area contributed by atoms with E-state index in [0.717, 1.165) is 26.4 Å². The van der Waals surface area contributed by atoms with Gasteiger partial charge in [-0.15, -0.1) is 0 Å². The highest BCUT2D eigenvalue weighted by Gasteiger charge is 2.13. The lowest BCUT2D eigenvalue weighted by Gasteiger charge is -2.15. The molecule has 3 rings (SSSR count). The average molecular weight is 348 g/mol. The first-order valence-corrected chi connectivity index (χ1v) is 7.37. The van der Waals surface area contributed by atoms with Gasteiger partial charge in [0.25, 0.3) is 0 Å². The number of hydrogen-bond donors (Lipinski definition) is 1. The zero-order valence-corrected chi connectivity index (χ0v) is 12.9. The van der Waals surface area contributed by atoms with Crippen LogP contribution in [0.1, 0.15) is 17.2 Å². The summed E-state index contributed by atoms with van der Waals surface area (Å²) in [6.45, 7) is 0. The maximum absolute atomic E-state index is 6.41. The van der Waals surface area contributed by atoms with Crippen molar-refractivity contribution in [2.75, 3.05) is 0 Å². The molecule has 0 aliphatic rings. The molecule has 0 saturated heterocycles. The highest BCUT2D eigenvalue weighted by Crippen LogP contribution is 2.30. The molecule has 0 aliphatic carbocycles. The Bertz CT molecular complexity index is 768. The zero-order chi connectivity index (χ0) is 14.1. The van der Waals surface area contributed by atoms with Crippen molar-refractivity contribution in [3.05, 3.63) is 75.5 Å². The molecule has 1 atom stereocenters. The maximum Gasteiger partial charge on any atom is 0.0558 e. The molecule has 4 heteroatoms. The first kappa shape index (κ1) is 13.6. The Kier molecular flexibility index (Phi) is 3.74. The monoisotopic (exact) mass is 346 g/mol. The lowest BCUT2D eigenvalue weighted by atomic mass is 9.95. The third-order valence-electron chi connectivity index (χ3n) is 3.35. The van der Waals surface area contributed by atoms with Gasteiger partial charge < -0.3 is 5.73 Å². The third kappa shape index (κ3) is 2.44. The smallest absolute Gasteiger partial charge is 0.0558 e. The van der Waals surface area contributed by atoms with Gasteiger partial charge in [0.15, 0.2) is 0 Å². The predicted octanol–water partition coefficient (Wildman–Crippen LogP) is 4.70. The molecule has 1 heterocycles. The van der Waals surface area contributed by atoms with E-state index in [4.69, 9.17) is 17.3 Å². The van der Waals surface area contributed by atoms with Gasteiger partial charge >= 0.3 is 0 Å². The van der Waals surface area contributed by atoms with Crippen molar-refractivity contribution in [1.29, 1.82) is 0 Å². The molecule has 1 aromatic heterocycles. The Balaban J connectivity index is 2.12. The molecule has 0 radical (unpaired) electrons. The van der Waals surface area contributed by atoms with E-state index in [9.17, 15) is 0 Å². The Morgan fingerprint density at radius 2 is 2.00 bits per heavy atom. The van der Waals surface area contributed by atoms with Crippen LogP contribution < -0.4 is 5.73 Å². The van der Waals surface area contributed by atoms with Gasteiger partial charge in [-0.25, -0.2) is 0 Å². The average Bonchev–Trinajstić information content (AvgIpc) is 2.49. The fourth-order valence-electron chi connectivity index (χ4n) is 2.30. The van der Waals surface area contributed by atoms with Crippen LogP contribution in [0, 0.1) is 0 Å². The summed E-state index contributed by atoms with van der Waals surface area (Å²) in [6, 6.07) is 13.7. The lowest BCUT2D eigenvalue weighted by molar-refractivity contribution is 0.880. The molecule has 0 spiro atoms. The number of benzene rings is 2. The van der Waals surface area contributed by atoms with E-state index >= 15 is 0 Å². The standard InChI is InChI=1S/C16H12BrClN2/c17-14-5-4-10(8-15(14)18)16(19)13-3-1-2-11-9-20-7-6-12(11)13/h1-9,16H,19H2. The minimum atomic E-state index is -0.216. The molecule has 2 nitrogen and oxygen atoms in total. The molecule has 3 aromatic rings. The van der Waals surface area contributed by atoms with Crippen molar-refractivity contribution in [2.45, 2.75) is 6.04 Å². The van der Waals surface area contributed by atoms with E-state index in [1.54, 1.807) is 6.20 Å². The minimum Gasteiger partial charge on any atom is -0.320 e. The number of halogens is 2. The third-order valence-corrected chi connectivity index (χ3v) is 4.58. The van der Waals surface area contributed by atoms with Gasteiger partial charge in [-0.3, -0.25) is 4.98 Å². The molecular weight excluding hydrogens is 336 g/mol. The van der Waals surface area contributed by atoms with Crippen LogP contribution in [0.3, 0.4) is 0 Å². The SMILES string of the molecule is NC(c1ccc(Br)c(Cl)c1)c1cccc2cnccc12. The lowest BCUT2D eigenvalue weighted by Crippen LogP contribution is -2.12. The Labute approximate surface area is 130 Å². The summed E-state index contributed by atoms with van der Waals surface area (Å²) in [5, 5.41) is 2.87. The second-order valence-electron chi connectivity index (χ2n) is 4.60. The molecule has 0 aliphatic heterocycles. The number of nitrogens with zero attached hydrogens (tertiary/aromatic N) is 1. The molecule has 0 saturated carbocycles. The number of rotatable bonds is 2. The van der Waals surface area contributed by atoms with Crippen LogP contribution in [0.5, 0.6) is 0 Å². The summed E-state index contributed by atoms with van der Waals surface area (Å²) in [6.07, 6.45) is 3.63. The molecule has 2 N–H and O–H groups in total. The fourth-order valence-corrected chi connectivity index (χ4v) is 2.74. The van der Waals surface area contributed by atoms with Crippen LogP contribution in [0.15, 0.2) is 59.3 Å². The number of aromatic nitrogens is 1. The van der Waals surface area contributed by atoms with E-state index in [2.05, 4.69) is 20.9 Å². The van der Waals surface area contributed by atoms with Crippen molar-refractivity contribution in [3.63, 3.8) is 0 Å². The van der Waals surface area contributed by atoms with Gasteiger partial charge in [0.1, 0.15) is 0 Å². The summed E-state index contributed by atoms with van der Waals surface area (Å²) in [7, 11) is 0. The predicted molar refractivity (Wildman–Crippen MR) is 86.9 cm³/mol. The van der Waals surface area contributed by atoms with E-state index in [1.807, 2.05) is 48.7 Å². The quantitative estimate of drug-likeness (QED) is 0.730. The van der Waals surface area contributed by atoms with E-state index in [-0.39, 0.29) is 6.04 Å². The van der Waals surface area contributed by atoms with Gasteiger partial charge in [0.2, 0.25) is 0 Å². The highest BCUT2D eigenvalue weighted by molar-refractivity contribution is 9.10. The second kappa shape index (κ2) is 5.52. The van der Waals surface area contributed by atoms with Crippen LogP contribution in [0.4, 0.5) is 0 Å². The highest BCUT2D eigenvalue weighted by atomic mass is 79.9. The van der Waals surface area contributed by atoms with Crippen LogP contribution in [-0.4, -0.2) is 4.98 Å². The van der Waals surface area contributed by atoms with Crippen molar-refractivity contribution < 1.29 is 0 Å². The van der Waals surface area contributed by atoms with Crippen LogP contribution in [-0.2, 0) is 0 Å². The first-order valence-electron chi connectivity index (χ1n) is 6.20. The molecular formula is C16H12BrClN2. The van der Waals surface area contributed by atoms with Crippen LogP contribution in [0.2, 0.25) is 5.02 Å². The fraction of sp³-hybridized carbons (Fsp3) is 0.0625. The zero-order valence-electron chi connectivity index (χ0n) is 10.6. The topological polar surface area (TPSA) is 38.9 Å². The first-order chi connectivity index (χ1) is 9.66. The number of nitrogens with two attached hydrogens (primary N) is 1. The van der Waals surface area contributed by atoms with E-state index in [0.29, 0.717) is 5.02 Å². The van der Waals surface area contributed by atoms with Gasteiger partial charge in [0, 0.05) is 22.3 Å². The maximum atomic E-state index is 6.41. The van der Waals surface area contributed by atoms with Crippen molar-refractivity contribution >= 4 is 38.3 Å². The Morgan fingerprint density at radius 3 is 2.80 bits per heavy atom. The minimum absolute atomic E-state index is 0.216. The van der Waals surface area contributed by atoms with E-state index in [1.165, 1.54) is 0 Å². The van der Waals surface area contributed by atoms with Gasteiger partial charge in [-0.1, -0.05) is 35.9 Å². The summed E-state index contributed by atoms with van der Waals surface area (Å²) < 4.78 is 0.872. The summed E-state index contributed by atoms with van der Waals surface area (Å²) in [4.78, 5) is 4.14. The van der Waals surface area contributed by atoms with Crippen molar-refractivity contribution in [3.8, 4) is 0 Å². The number of pyridine rings is 1. The molecule has 100 valence electrons. The summed E-state index contributed by atoms with van der Waals surface area (Å²) >= 11 is 9.54. The molecule has 0 bridgehead atoms. The Hall–Kier alpha value is -1.42. The molecule has 20 heavy (non-hydrogen) atoms. The molecule has 0 fully saturated rings. The Morgan fingerprint density at radius 1 is 1.15 bits per heavy atom. The van der Waals surface area contributed by atoms with Crippen molar-refractivity contribution in [2.24, 2.45) is 5.73 Å². The normalized spacial score (nSPS) is 12.6. The van der Waals surface area contributed by atoms with Crippen LogP contribution in [0.25, 0.3) is 10.8 Å². The largest absolute Gasteiger partial charge is 0.320 e. The number of hydrogen-bond acceptors (Lipinski definition) is 2. The second-order valence-corrected chi connectivity index (χ2v) is 5.86. The van der Waals surface area contributed by atoms with E-state index < -0.39 is 0 Å².